The van der Waals surface area contributed by atoms with Crippen LogP contribution in [-0.2, 0) is 37.5 Å². The molecule has 0 spiro atoms. The zero-order chi connectivity index (χ0) is 39.5. The molecule has 0 saturated carbocycles. The van der Waals surface area contributed by atoms with Crippen molar-refractivity contribution in [3.63, 3.8) is 0 Å². The standard InChI is InChI=1S/C42H72NO9P/c1-6-8-10-12-14-16-18-19-21-22-24-26-28-31-39(44)32-30-34-42(46)52-40(38-51-53(47,48)50-36-35-43(3,4)5)37-49-41(45)33-29-27-25-23-20-17-15-13-11-9-7-2/h13-16,19,21,24,26,28,31,40H,6-12,17-18,20,22-23,25,27,29-30,32-38H2,1-5H3/p+1/b15-13-,16-14-,21-19-,26-24-,31-28+/t40-/m1/s1. The zero-order valence-electron chi connectivity index (χ0n) is 33.7. The number of phosphoric acid groups is 1. The van der Waals surface area contributed by atoms with Crippen molar-refractivity contribution in [2.24, 2.45) is 0 Å². The van der Waals surface area contributed by atoms with Crippen LogP contribution in [-0.4, -0.2) is 80.7 Å². The van der Waals surface area contributed by atoms with E-state index >= 15 is 0 Å². The number of carbonyl (C=O) groups excluding carboxylic acids is 3. The van der Waals surface area contributed by atoms with E-state index in [1.54, 1.807) is 6.08 Å². The van der Waals surface area contributed by atoms with Crippen molar-refractivity contribution < 1.29 is 46.8 Å². The summed E-state index contributed by atoms with van der Waals surface area (Å²) in [7, 11) is 1.32. The number of ketones is 1. The number of hydrogen-bond donors (Lipinski definition) is 1. The Labute approximate surface area is 322 Å². The molecule has 0 rings (SSSR count). The lowest BCUT2D eigenvalue weighted by molar-refractivity contribution is -0.870. The quantitative estimate of drug-likeness (QED) is 0.0128. The first-order valence-electron chi connectivity index (χ1n) is 20.0. The molecule has 0 bridgehead atoms. The van der Waals surface area contributed by atoms with Crippen LogP contribution in [0.5, 0.6) is 0 Å². The molecule has 0 fully saturated rings. The van der Waals surface area contributed by atoms with Crippen molar-refractivity contribution in [2.75, 3.05) is 47.5 Å². The van der Waals surface area contributed by atoms with Crippen LogP contribution in [0.4, 0.5) is 0 Å². The van der Waals surface area contributed by atoms with Gasteiger partial charge in [0.05, 0.1) is 27.7 Å². The third-order valence-corrected chi connectivity index (χ3v) is 8.98. The van der Waals surface area contributed by atoms with Crippen LogP contribution < -0.4 is 0 Å². The number of phosphoric ester groups is 1. The van der Waals surface area contributed by atoms with Crippen molar-refractivity contribution in [3.05, 3.63) is 60.8 Å². The molecule has 0 radical (unpaired) electrons. The molecule has 0 aromatic heterocycles. The summed E-state index contributed by atoms with van der Waals surface area (Å²) in [6.45, 7) is 4.03. The largest absolute Gasteiger partial charge is 0.472 e. The Kier molecular flexibility index (Phi) is 32.2. The van der Waals surface area contributed by atoms with Gasteiger partial charge in [-0.05, 0) is 63.9 Å². The number of likely N-dealkylation sites (N-methyl/N-ethyl adjacent to an activating group) is 1. The van der Waals surface area contributed by atoms with Crippen molar-refractivity contribution in [2.45, 2.75) is 142 Å². The van der Waals surface area contributed by atoms with E-state index in [-0.39, 0.29) is 44.7 Å². The van der Waals surface area contributed by atoms with Crippen LogP contribution in [0.2, 0.25) is 0 Å². The molecular formula is C42H73NO9P+. The molecule has 0 saturated heterocycles. The number of allylic oxidation sites excluding steroid dienone is 10. The summed E-state index contributed by atoms with van der Waals surface area (Å²) in [5.74, 6) is -1.19. The highest BCUT2D eigenvalue weighted by Crippen LogP contribution is 2.43. The summed E-state index contributed by atoms with van der Waals surface area (Å²) in [5, 5.41) is 0. The molecule has 0 aliphatic heterocycles. The molecule has 0 aliphatic rings. The lowest BCUT2D eigenvalue weighted by Crippen LogP contribution is -2.37. The maximum atomic E-state index is 12.6. The average Bonchev–Trinajstić information content (AvgIpc) is 3.09. The SMILES string of the molecule is CCCC/C=C\CCCCCCCC(=O)OC[C@H](COP(=O)(O)OCC[N+](C)(C)C)OC(=O)CCCC(=O)/C=C/C=C\C/C=C\C/C=C\CCCCC. The van der Waals surface area contributed by atoms with E-state index in [2.05, 4.69) is 50.3 Å². The van der Waals surface area contributed by atoms with Crippen molar-refractivity contribution in [3.8, 4) is 0 Å². The molecule has 0 aromatic carbocycles. The third kappa shape index (κ3) is 37.5. The molecule has 0 aliphatic carbocycles. The molecule has 2 atom stereocenters. The number of hydrogen-bond acceptors (Lipinski definition) is 8. The Bertz CT molecular complexity index is 1150. The molecular weight excluding hydrogens is 693 g/mol. The van der Waals surface area contributed by atoms with Gasteiger partial charge in [-0.1, -0.05) is 113 Å². The molecule has 1 unspecified atom stereocenters. The summed E-state index contributed by atoms with van der Waals surface area (Å²) in [6.07, 6.45) is 35.7. The smallest absolute Gasteiger partial charge is 0.462 e. The molecule has 1 N–H and O–H groups in total. The van der Waals surface area contributed by atoms with Gasteiger partial charge in [0, 0.05) is 19.3 Å². The topological polar surface area (TPSA) is 125 Å². The Hall–Kier alpha value is -2.62. The normalized spacial score (nSPS) is 14.2. The Balaban J connectivity index is 4.66. The number of quaternary nitrogens is 1. The first kappa shape index (κ1) is 50.4. The number of unbranched alkanes of at least 4 members (excludes halogenated alkanes) is 10. The van der Waals surface area contributed by atoms with Gasteiger partial charge in [-0.2, -0.15) is 0 Å². The van der Waals surface area contributed by atoms with E-state index in [9.17, 15) is 23.8 Å². The number of rotatable bonds is 35. The number of nitrogens with zero attached hydrogens (tertiary/aromatic N) is 1. The Morgan fingerprint density at radius 1 is 0.642 bits per heavy atom. The van der Waals surface area contributed by atoms with Gasteiger partial charge in [-0.25, -0.2) is 4.57 Å². The Morgan fingerprint density at radius 2 is 1.23 bits per heavy atom. The van der Waals surface area contributed by atoms with Gasteiger partial charge < -0.3 is 18.9 Å². The molecule has 0 heterocycles. The van der Waals surface area contributed by atoms with Crippen LogP contribution in [0, 0.1) is 0 Å². The first-order valence-corrected chi connectivity index (χ1v) is 21.5. The highest BCUT2D eigenvalue weighted by molar-refractivity contribution is 7.47. The van der Waals surface area contributed by atoms with Gasteiger partial charge >= 0.3 is 19.8 Å². The monoisotopic (exact) mass is 767 g/mol. The molecule has 0 aromatic rings. The maximum absolute atomic E-state index is 12.6. The number of carbonyl (C=O) groups is 3. The van der Waals surface area contributed by atoms with Crippen LogP contribution in [0.1, 0.15) is 136 Å². The van der Waals surface area contributed by atoms with Crippen LogP contribution >= 0.6 is 7.82 Å². The summed E-state index contributed by atoms with van der Waals surface area (Å²) in [6, 6.07) is 0. The van der Waals surface area contributed by atoms with Crippen molar-refractivity contribution in [1.82, 2.24) is 0 Å². The minimum Gasteiger partial charge on any atom is -0.462 e. The van der Waals surface area contributed by atoms with Gasteiger partial charge in [0.25, 0.3) is 0 Å². The van der Waals surface area contributed by atoms with Crippen molar-refractivity contribution >= 4 is 25.5 Å². The minimum atomic E-state index is -4.44. The predicted octanol–water partition coefficient (Wildman–Crippen LogP) is 10.1. The average molecular weight is 767 g/mol. The summed E-state index contributed by atoms with van der Waals surface area (Å²) < 4.78 is 33.9. The molecule has 11 heteroatoms. The second-order valence-corrected chi connectivity index (χ2v) is 15.8. The molecule has 304 valence electrons. The summed E-state index contributed by atoms with van der Waals surface area (Å²) >= 11 is 0. The second kappa shape index (κ2) is 33.9. The first-order chi connectivity index (χ1) is 25.4. The van der Waals surface area contributed by atoms with E-state index < -0.39 is 32.5 Å². The highest BCUT2D eigenvalue weighted by atomic mass is 31.2. The van der Waals surface area contributed by atoms with E-state index in [1.807, 2.05) is 33.3 Å². The van der Waals surface area contributed by atoms with E-state index in [4.69, 9.17) is 18.5 Å². The van der Waals surface area contributed by atoms with Gasteiger partial charge in [0.1, 0.15) is 19.8 Å². The lowest BCUT2D eigenvalue weighted by Gasteiger charge is -2.24. The fourth-order valence-corrected chi connectivity index (χ4v) is 5.51. The summed E-state index contributed by atoms with van der Waals surface area (Å²) in [4.78, 5) is 47.4. The number of ether oxygens (including phenoxy) is 2. The fourth-order valence-electron chi connectivity index (χ4n) is 4.77. The van der Waals surface area contributed by atoms with E-state index in [0.29, 0.717) is 17.4 Å². The molecule has 10 nitrogen and oxygen atoms in total. The van der Waals surface area contributed by atoms with Crippen LogP contribution in [0.3, 0.4) is 0 Å². The molecule has 0 amide bonds. The number of esters is 2. The van der Waals surface area contributed by atoms with Crippen molar-refractivity contribution in [1.29, 1.82) is 0 Å². The van der Waals surface area contributed by atoms with E-state index in [0.717, 1.165) is 57.8 Å². The summed E-state index contributed by atoms with van der Waals surface area (Å²) in [5.41, 5.74) is 0. The fraction of sp³-hybridized carbons (Fsp3) is 0.690. The third-order valence-electron chi connectivity index (χ3n) is 8.00. The van der Waals surface area contributed by atoms with Gasteiger partial charge in [-0.15, -0.1) is 0 Å². The van der Waals surface area contributed by atoms with Gasteiger partial charge in [-0.3, -0.25) is 23.4 Å². The molecule has 53 heavy (non-hydrogen) atoms. The highest BCUT2D eigenvalue weighted by Gasteiger charge is 2.27. The predicted molar refractivity (Wildman–Crippen MR) is 215 cm³/mol. The van der Waals surface area contributed by atoms with Gasteiger partial charge in [0.2, 0.25) is 0 Å². The van der Waals surface area contributed by atoms with Crippen LogP contribution in [0.25, 0.3) is 0 Å². The minimum absolute atomic E-state index is 0.0151. The lowest BCUT2D eigenvalue weighted by atomic mass is 10.1. The van der Waals surface area contributed by atoms with Gasteiger partial charge in [0.15, 0.2) is 11.9 Å². The maximum Gasteiger partial charge on any atom is 0.472 e. The second-order valence-electron chi connectivity index (χ2n) is 14.3. The van der Waals surface area contributed by atoms with E-state index in [1.165, 1.54) is 38.2 Å². The van der Waals surface area contributed by atoms with Crippen LogP contribution in [0.15, 0.2) is 60.8 Å². The Morgan fingerprint density at radius 3 is 1.92 bits per heavy atom. The zero-order valence-corrected chi connectivity index (χ0v) is 34.6.